The number of carbonyl (C=O) groups excluding carboxylic acids is 1. The van der Waals surface area contributed by atoms with Crippen LogP contribution in [-0.4, -0.2) is 47.7 Å². The molecule has 2 N–H and O–H groups in total. The molecule has 1 fully saturated rings. The first kappa shape index (κ1) is 20.9. The normalized spacial score (nSPS) is 15.1. The lowest BCUT2D eigenvalue weighted by atomic mass is 10.0. The molecule has 0 unspecified atom stereocenters. The zero-order valence-corrected chi connectivity index (χ0v) is 16.9. The summed E-state index contributed by atoms with van der Waals surface area (Å²) in [5.74, 6) is 0.0696. The molecule has 1 saturated heterocycles. The molecule has 0 aliphatic carbocycles. The highest BCUT2D eigenvalue weighted by atomic mass is 16.4. The number of anilines is 2. The van der Waals surface area contributed by atoms with Gasteiger partial charge in [0.15, 0.2) is 0 Å². The van der Waals surface area contributed by atoms with Crippen molar-refractivity contribution in [1.82, 2.24) is 4.90 Å². The van der Waals surface area contributed by atoms with Gasteiger partial charge in [-0.15, -0.1) is 0 Å². The van der Waals surface area contributed by atoms with Gasteiger partial charge in [0.05, 0.1) is 0 Å². The van der Waals surface area contributed by atoms with Crippen molar-refractivity contribution in [2.24, 2.45) is 0 Å². The Bertz CT molecular complexity index is 817. The first-order valence-corrected chi connectivity index (χ1v) is 10.2. The maximum absolute atomic E-state index is 12.7. The summed E-state index contributed by atoms with van der Waals surface area (Å²) >= 11 is 0. The lowest BCUT2D eigenvalue weighted by molar-refractivity contribution is -0.119. The fourth-order valence-corrected chi connectivity index (χ4v) is 3.92. The van der Waals surface area contributed by atoms with Crippen molar-refractivity contribution >= 4 is 23.4 Å². The van der Waals surface area contributed by atoms with Crippen molar-refractivity contribution in [1.29, 1.82) is 0 Å². The summed E-state index contributed by atoms with van der Waals surface area (Å²) in [5, 5.41) is 11.3. The Hall–Kier alpha value is -2.86. The summed E-state index contributed by atoms with van der Waals surface area (Å²) < 4.78 is 0. The van der Waals surface area contributed by atoms with Gasteiger partial charge in [-0.3, -0.25) is 10.1 Å². The largest absolute Gasteiger partial charge is 0.465 e. The zero-order chi connectivity index (χ0) is 20.6. The molecule has 2 aromatic rings. The molecule has 0 saturated carbocycles. The Balaban J connectivity index is 1.63. The van der Waals surface area contributed by atoms with Crippen molar-refractivity contribution in [2.45, 2.75) is 38.6 Å². The molecule has 6 heteroatoms. The van der Waals surface area contributed by atoms with Gasteiger partial charge in [0.1, 0.15) is 0 Å². The molecule has 1 heterocycles. The molecule has 2 aromatic carbocycles. The van der Waals surface area contributed by atoms with E-state index in [-0.39, 0.29) is 11.9 Å². The van der Waals surface area contributed by atoms with Gasteiger partial charge in [0.25, 0.3) is 0 Å². The lowest BCUT2D eigenvalue weighted by Crippen LogP contribution is -2.48. The average molecular weight is 396 g/mol. The molecule has 0 spiro atoms. The molecule has 1 aliphatic heterocycles. The SMILES string of the molecule is CCC(=O)N(c1cccc(NC(=O)O)c1)C1CCN(CCc2ccccc2)CC1. The minimum atomic E-state index is -1.11. The summed E-state index contributed by atoms with van der Waals surface area (Å²) in [7, 11) is 0. The molecule has 154 valence electrons. The zero-order valence-electron chi connectivity index (χ0n) is 16.9. The van der Waals surface area contributed by atoms with Crippen LogP contribution in [-0.2, 0) is 11.2 Å². The van der Waals surface area contributed by atoms with E-state index in [0.717, 1.165) is 44.6 Å². The summed E-state index contributed by atoms with van der Waals surface area (Å²) in [6.07, 6.45) is 2.17. The fourth-order valence-electron chi connectivity index (χ4n) is 3.92. The number of hydrogen-bond acceptors (Lipinski definition) is 3. The molecule has 29 heavy (non-hydrogen) atoms. The maximum atomic E-state index is 12.7. The number of carbonyl (C=O) groups is 2. The van der Waals surface area contributed by atoms with E-state index in [2.05, 4.69) is 34.5 Å². The summed E-state index contributed by atoms with van der Waals surface area (Å²) in [4.78, 5) is 28.0. The average Bonchev–Trinajstić information content (AvgIpc) is 2.74. The molecular formula is C23H29N3O3. The second-order valence-corrected chi connectivity index (χ2v) is 7.41. The third-order valence-corrected chi connectivity index (χ3v) is 5.43. The predicted octanol–water partition coefficient (Wildman–Crippen LogP) is 4.23. The van der Waals surface area contributed by atoms with E-state index in [1.165, 1.54) is 5.56 Å². The third-order valence-electron chi connectivity index (χ3n) is 5.43. The topological polar surface area (TPSA) is 72.9 Å². The van der Waals surface area contributed by atoms with E-state index < -0.39 is 6.09 Å². The predicted molar refractivity (Wildman–Crippen MR) is 115 cm³/mol. The van der Waals surface area contributed by atoms with E-state index in [0.29, 0.717) is 12.1 Å². The van der Waals surface area contributed by atoms with Gasteiger partial charge in [0.2, 0.25) is 5.91 Å². The summed E-state index contributed by atoms with van der Waals surface area (Å²) in [6.45, 7) is 4.80. The number of amides is 2. The van der Waals surface area contributed by atoms with Crippen LogP contribution in [0.4, 0.5) is 16.2 Å². The van der Waals surface area contributed by atoms with Crippen LogP contribution in [0.1, 0.15) is 31.7 Å². The molecule has 1 aliphatic rings. The van der Waals surface area contributed by atoms with Gasteiger partial charge in [0, 0.05) is 43.5 Å². The molecule has 3 rings (SSSR count). The first-order chi connectivity index (χ1) is 14.1. The number of nitrogens with one attached hydrogen (secondary N) is 1. The molecular weight excluding hydrogens is 366 g/mol. The quantitative estimate of drug-likeness (QED) is 0.736. The van der Waals surface area contributed by atoms with Crippen LogP contribution in [0.5, 0.6) is 0 Å². The Labute approximate surface area is 172 Å². The Morgan fingerprint density at radius 2 is 1.83 bits per heavy atom. The minimum Gasteiger partial charge on any atom is -0.465 e. The van der Waals surface area contributed by atoms with Crippen LogP contribution < -0.4 is 10.2 Å². The monoisotopic (exact) mass is 395 g/mol. The molecule has 0 aromatic heterocycles. The van der Waals surface area contributed by atoms with Gasteiger partial charge in [-0.2, -0.15) is 0 Å². The smallest absolute Gasteiger partial charge is 0.409 e. The molecule has 2 amide bonds. The third kappa shape index (κ3) is 5.81. The number of benzene rings is 2. The van der Waals surface area contributed by atoms with Crippen molar-refractivity contribution in [3.05, 3.63) is 60.2 Å². The van der Waals surface area contributed by atoms with Gasteiger partial charge >= 0.3 is 6.09 Å². The van der Waals surface area contributed by atoms with Gasteiger partial charge in [-0.05, 0) is 43.0 Å². The lowest BCUT2D eigenvalue weighted by Gasteiger charge is -2.38. The van der Waals surface area contributed by atoms with Crippen LogP contribution in [0.2, 0.25) is 0 Å². The van der Waals surface area contributed by atoms with Gasteiger partial charge in [-0.25, -0.2) is 4.79 Å². The van der Waals surface area contributed by atoms with Crippen LogP contribution in [0.3, 0.4) is 0 Å². The number of piperidine rings is 1. The number of nitrogens with zero attached hydrogens (tertiary/aromatic N) is 2. The van der Waals surface area contributed by atoms with Gasteiger partial charge in [-0.1, -0.05) is 43.3 Å². The number of rotatable bonds is 7. The van der Waals surface area contributed by atoms with E-state index in [1.807, 2.05) is 24.0 Å². The highest BCUT2D eigenvalue weighted by Gasteiger charge is 2.28. The minimum absolute atomic E-state index is 0.0696. The Morgan fingerprint density at radius 3 is 2.48 bits per heavy atom. The first-order valence-electron chi connectivity index (χ1n) is 10.2. The summed E-state index contributed by atoms with van der Waals surface area (Å²) in [5.41, 5.74) is 2.58. The second-order valence-electron chi connectivity index (χ2n) is 7.41. The van der Waals surface area contributed by atoms with Crippen molar-refractivity contribution in [3.63, 3.8) is 0 Å². The van der Waals surface area contributed by atoms with Crippen molar-refractivity contribution < 1.29 is 14.7 Å². The number of likely N-dealkylation sites (tertiary alicyclic amines) is 1. The van der Waals surface area contributed by atoms with E-state index in [1.54, 1.807) is 18.2 Å². The van der Waals surface area contributed by atoms with E-state index >= 15 is 0 Å². The molecule has 0 bridgehead atoms. The maximum Gasteiger partial charge on any atom is 0.409 e. The second kappa shape index (κ2) is 10.1. The van der Waals surface area contributed by atoms with Crippen LogP contribution in [0, 0.1) is 0 Å². The standard InChI is InChI=1S/C23H29N3O3/c1-2-22(27)26(21-10-6-9-19(17-21)24-23(28)29)20-12-15-25(16-13-20)14-11-18-7-4-3-5-8-18/h3-10,17,20,24H,2,11-16H2,1H3,(H,28,29). The highest BCUT2D eigenvalue weighted by Crippen LogP contribution is 2.27. The fraction of sp³-hybridized carbons (Fsp3) is 0.391. The van der Waals surface area contributed by atoms with E-state index in [4.69, 9.17) is 5.11 Å². The highest BCUT2D eigenvalue weighted by molar-refractivity contribution is 5.95. The Morgan fingerprint density at radius 1 is 1.10 bits per heavy atom. The van der Waals surface area contributed by atoms with E-state index in [9.17, 15) is 9.59 Å². The number of hydrogen-bond donors (Lipinski definition) is 2. The van der Waals surface area contributed by atoms with Crippen molar-refractivity contribution in [3.8, 4) is 0 Å². The summed E-state index contributed by atoms with van der Waals surface area (Å²) in [6, 6.07) is 17.7. The van der Waals surface area contributed by atoms with Crippen LogP contribution >= 0.6 is 0 Å². The molecule has 0 atom stereocenters. The molecule has 6 nitrogen and oxygen atoms in total. The van der Waals surface area contributed by atoms with Crippen LogP contribution in [0.25, 0.3) is 0 Å². The number of carboxylic acid groups (broad SMARTS) is 1. The van der Waals surface area contributed by atoms with Crippen LogP contribution in [0.15, 0.2) is 54.6 Å². The van der Waals surface area contributed by atoms with Gasteiger partial charge < -0.3 is 14.9 Å². The molecule has 0 radical (unpaired) electrons. The van der Waals surface area contributed by atoms with Crippen molar-refractivity contribution in [2.75, 3.05) is 29.9 Å². The Kier molecular flexibility index (Phi) is 7.25.